The Hall–Kier alpha value is -1.42. The number of β-amino-alcohol motifs (C(OH)–C–C–N with tert-alkyl or cyclic N) is 1. The van der Waals surface area contributed by atoms with Crippen LogP contribution in [0.1, 0.15) is 24.8 Å². The van der Waals surface area contributed by atoms with Crippen LogP contribution in [0.15, 0.2) is 24.3 Å². The van der Waals surface area contributed by atoms with Gasteiger partial charge in [-0.05, 0) is 37.0 Å². The summed E-state index contributed by atoms with van der Waals surface area (Å²) in [6, 6.07) is 6.33. The summed E-state index contributed by atoms with van der Waals surface area (Å²) in [6.45, 7) is 1.15. The summed E-state index contributed by atoms with van der Waals surface area (Å²) in [6.07, 6.45) is 2.15. The van der Waals surface area contributed by atoms with Gasteiger partial charge in [0.25, 0.3) is 0 Å². The number of carbonyl (C=O) groups is 1. The molecule has 1 N–H and O–H groups in total. The number of aryl methyl sites for hydroxylation is 1. The molecule has 1 fully saturated rings. The lowest BCUT2D eigenvalue weighted by atomic mass is 10.1. The first-order valence-corrected chi connectivity index (χ1v) is 6.35. The number of likely N-dealkylation sites (tertiary alicyclic amines) is 1. The van der Waals surface area contributed by atoms with E-state index in [-0.39, 0.29) is 11.7 Å². The minimum atomic E-state index is -0.392. The largest absolute Gasteiger partial charge is 0.391 e. The zero-order valence-electron chi connectivity index (χ0n) is 10.3. The molecule has 0 bridgehead atoms. The number of rotatable bonds is 3. The van der Waals surface area contributed by atoms with Gasteiger partial charge in [-0.2, -0.15) is 0 Å². The van der Waals surface area contributed by atoms with E-state index in [4.69, 9.17) is 0 Å². The minimum Gasteiger partial charge on any atom is -0.391 e. The molecule has 0 radical (unpaired) electrons. The van der Waals surface area contributed by atoms with Crippen LogP contribution >= 0.6 is 0 Å². The molecule has 0 aromatic heterocycles. The molecular formula is C14H18FNO2. The van der Waals surface area contributed by atoms with E-state index in [1.54, 1.807) is 11.0 Å². The molecule has 0 spiro atoms. The SMILES string of the molecule is O=C(CCc1cccc(F)c1)N1CCCC(O)C1. The average molecular weight is 251 g/mol. The Morgan fingerprint density at radius 2 is 2.33 bits per heavy atom. The van der Waals surface area contributed by atoms with Gasteiger partial charge < -0.3 is 10.0 Å². The number of hydrogen-bond acceptors (Lipinski definition) is 2. The summed E-state index contributed by atoms with van der Waals surface area (Å²) in [7, 11) is 0. The average Bonchev–Trinajstić information content (AvgIpc) is 2.36. The number of benzene rings is 1. The fraction of sp³-hybridized carbons (Fsp3) is 0.500. The zero-order valence-corrected chi connectivity index (χ0v) is 10.3. The summed E-state index contributed by atoms with van der Waals surface area (Å²) < 4.78 is 13.0. The standard InChI is InChI=1S/C14H18FNO2/c15-12-4-1-3-11(9-12)6-7-14(18)16-8-2-5-13(17)10-16/h1,3-4,9,13,17H,2,5-8,10H2. The predicted molar refractivity (Wildman–Crippen MR) is 66.5 cm³/mol. The van der Waals surface area contributed by atoms with E-state index < -0.39 is 6.10 Å². The molecule has 4 heteroatoms. The number of aliphatic hydroxyl groups excluding tert-OH is 1. The maximum Gasteiger partial charge on any atom is 0.222 e. The van der Waals surface area contributed by atoms with Crippen molar-refractivity contribution in [1.82, 2.24) is 4.90 Å². The first-order chi connectivity index (χ1) is 8.65. The van der Waals surface area contributed by atoms with Gasteiger partial charge in [-0.3, -0.25) is 4.79 Å². The molecule has 0 aliphatic carbocycles. The Balaban J connectivity index is 1.84. The lowest BCUT2D eigenvalue weighted by Gasteiger charge is -2.30. The molecule has 1 atom stereocenters. The number of carbonyl (C=O) groups excluding carboxylic acids is 1. The maximum absolute atomic E-state index is 13.0. The number of aliphatic hydroxyl groups is 1. The van der Waals surface area contributed by atoms with E-state index in [1.165, 1.54) is 12.1 Å². The maximum atomic E-state index is 13.0. The van der Waals surface area contributed by atoms with Crippen molar-refractivity contribution in [2.24, 2.45) is 0 Å². The summed E-state index contributed by atoms with van der Waals surface area (Å²) in [4.78, 5) is 13.6. The molecule has 1 heterocycles. The highest BCUT2D eigenvalue weighted by atomic mass is 19.1. The molecule has 1 saturated heterocycles. The normalized spacial score (nSPS) is 19.9. The van der Waals surface area contributed by atoms with Crippen molar-refractivity contribution < 1.29 is 14.3 Å². The molecule has 1 aliphatic rings. The second-order valence-corrected chi connectivity index (χ2v) is 4.77. The lowest BCUT2D eigenvalue weighted by molar-refractivity contribution is -0.134. The number of piperidine rings is 1. The van der Waals surface area contributed by atoms with Crippen molar-refractivity contribution in [3.8, 4) is 0 Å². The van der Waals surface area contributed by atoms with Gasteiger partial charge in [0.05, 0.1) is 6.10 Å². The smallest absolute Gasteiger partial charge is 0.222 e. The highest BCUT2D eigenvalue weighted by molar-refractivity contribution is 5.76. The van der Waals surface area contributed by atoms with Gasteiger partial charge in [0.15, 0.2) is 0 Å². The monoisotopic (exact) mass is 251 g/mol. The van der Waals surface area contributed by atoms with Crippen molar-refractivity contribution in [3.63, 3.8) is 0 Å². The molecule has 1 unspecified atom stereocenters. The second kappa shape index (κ2) is 5.96. The number of halogens is 1. The van der Waals surface area contributed by atoms with Crippen LogP contribution in [0.25, 0.3) is 0 Å². The van der Waals surface area contributed by atoms with Gasteiger partial charge in [-0.25, -0.2) is 4.39 Å². The van der Waals surface area contributed by atoms with Crippen LogP contribution in [0.4, 0.5) is 4.39 Å². The van der Waals surface area contributed by atoms with E-state index in [9.17, 15) is 14.3 Å². The molecule has 0 saturated carbocycles. The molecule has 3 nitrogen and oxygen atoms in total. The van der Waals surface area contributed by atoms with Gasteiger partial charge in [0.2, 0.25) is 5.91 Å². The molecule has 1 aromatic rings. The van der Waals surface area contributed by atoms with E-state index >= 15 is 0 Å². The van der Waals surface area contributed by atoms with Crippen LogP contribution in [0.5, 0.6) is 0 Å². The van der Waals surface area contributed by atoms with Gasteiger partial charge in [0.1, 0.15) is 5.82 Å². The number of hydrogen-bond donors (Lipinski definition) is 1. The third kappa shape index (κ3) is 3.53. The van der Waals surface area contributed by atoms with Gasteiger partial charge in [0, 0.05) is 19.5 Å². The first kappa shape index (κ1) is 13.0. The molecular weight excluding hydrogens is 233 g/mol. The van der Waals surface area contributed by atoms with Crippen molar-refractivity contribution in [2.45, 2.75) is 31.8 Å². The third-order valence-corrected chi connectivity index (χ3v) is 3.27. The van der Waals surface area contributed by atoms with Gasteiger partial charge >= 0.3 is 0 Å². The van der Waals surface area contributed by atoms with Crippen LogP contribution < -0.4 is 0 Å². The van der Waals surface area contributed by atoms with Gasteiger partial charge in [-0.1, -0.05) is 12.1 Å². The highest BCUT2D eigenvalue weighted by Crippen LogP contribution is 2.13. The summed E-state index contributed by atoms with van der Waals surface area (Å²) >= 11 is 0. The Morgan fingerprint density at radius 3 is 3.06 bits per heavy atom. The topological polar surface area (TPSA) is 40.5 Å². The fourth-order valence-electron chi connectivity index (χ4n) is 2.28. The van der Waals surface area contributed by atoms with Crippen LogP contribution in [0, 0.1) is 5.82 Å². The van der Waals surface area contributed by atoms with Gasteiger partial charge in [-0.15, -0.1) is 0 Å². The minimum absolute atomic E-state index is 0.0398. The van der Waals surface area contributed by atoms with Crippen molar-refractivity contribution in [1.29, 1.82) is 0 Å². The van der Waals surface area contributed by atoms with Crippen LogP contribution in [0.2, 0.25) is 0 Å². The Bertz CT molecular complexity index is 422. The highest BCUT2D eigenvalue weighted by Gasteiger charge is 2.21. The van der Waals surface area contributed by atoms with Crippen LogP contribution in [-0.2, 0) is 11.2 Å². The Kier molecular flexibility index (Phi) is 4.31. The number of nitrogens with zero attached hydrogens (tertiary/aromatic N) is 1. The van der Waals surface area contributed by atoms with Crippen LogP contribution in [-0.4, -0.2) is 35.1 Å². The quantitative estimate of drug-likeness (QED) is 0.889. The van der Waals surface area contributed by atoms with E-state index in [0.29, 0.717) is 19.4 Å². The van der Waals surface area contributed by atoms with E-state index in [1.807, 2.05) is 6.07 Å². The Labute approximate surface area is 106 Å². The summed E-state index contributed by atoms with van der Waals surface area (Å²) in [5.74, 6) is -0.230. The molecule has 1 aliphatic heterocycles. The second-order valence-electron chi connectivity index (χ2n) is 4.77. The van der Waals surface area contributed by atoms with E-state index in [0.717, 1.165) is 24.9 Å². The molecule has 1 aromatic carbocycles. The lowest BCUT2D eigenvalue weighted by Crippen LogP contribution is -2.42. The first-order valence-electron chi connectivity index (χ1n) is 6.35. The van der Waals surface area contributed by atoms with Crippen molar-refractivity contribution in [3.05, 3.63) is 35.6 Å². The summed E-state index contributed by atoms with van der Waals surface area (Å²) in [5.41, 5.74) is 0.834. The van der Waals surface area contributed by atoms with Crippen molar-refractivity contribution in [2.75, 3.05) is 13.1 Å². The molecule has 1 amide bonds. The zero-order chi connectivity index (χ0) is 13.0. The van der Waals surface area contributed by atoms with Crippen LogP contribution in [0.3, 0.4) is 0 Å². The number of amides is 1. The Morgan fingerprint density at radius 1 is 1.50 bits per heavy atom. The fourth-order valence-corrected chi connectivity index (χ4v) is 2.28. The third-order valence-electron chi connectivity index (χ3n) is 3.27. The molecule has 18 heavy (non-hydrogen) atoms. The predicted octanol–water partition coefficient (Wildman–Crippen LogP) is 1.74. The summed E-state index contributed by atoms with van der Waals surface area (Å²) in [5, 5.41) is 9.51. The van der Waals surface area contributed by atoms with Crippen molar-refractivity contribution >= 4 is 5.91 Å². The molecule has 2 rings (SSSR count). The van der Waals surface area contributed by atoms with E-state index in [2.05, 4.69) is 0 Å². The molecule has 98 valence electrons.